The first-order chi connectivity index (χ1) is 9.36. The number of benzene rings is 1. The summed E-state index contributed by atoms with van der Waals surface area (Å²) in [6.45, 7) is 2.07. The smallest absolute Gasteiger partial charge is 0.119 e. The van der Waals surface area contributed by atoms with Crippen LogP contribution in [0.2, 0.25) is 0 Å². The van der Waals surface area contributed by atoms with Gasteiger partial charge in [0.25, 0.3) is 0 Å². The quantitative estimate of drug-likeness (QED) is 0.915. The topological polar surface area (TPSA) is 41.1 Å². The monoisotopic (exact) mass is 257 g/mol. The van der Waals surface area contributed by atoms with Crippen molar-refractivity contribution in [1.29, 1.82) is 0 Å². The standard InChI is InChI=1S/C15H19N3O/c1-19-14-5-2-4-12(8-14)15-6-3-7-18(15)10-13-9-16-11-17-13/h2,4-5,8-9,11,15H,3,6-7,10H2,1H3,(H,16,17)/t15-/m1/s1. The third-order valence-corrected chi connectivity index (χ3v) is 3.77. The largest absolute Gasteiger partial charge is 0.497 e. The van der Waals surface area contributed by atoms with Crippen molar-refractivity contribution < 1.29 is 4.74 Å². The van der Waals surface area contributed by atoms with Gasteiger partial charge in [0.05, 0.1) is 13.4 Å². The Morgan fingerprint density at radius 3 is 3.21 bits per heavy atom. The summed E-state index contributed by atoms with van der Waals surface area (Å²) in [5.41, 5.74) is 2.52. The summed E-state index contributed by atoms with van der Waals surface area (Å²) >= 11 is 0. The van der Waals surface area contributed by atoms with Crippen molar-refractivity contribution in [2.75, 3.05) is 13.7 Å². The minimum Gasteiger partial charge on any atom is -0.497 e. The molecule has 4 nitrogen and oxygen atoms in total. The van der Waals surface area contributed by atoms with Crippen LogP contribution in [0.4, 0.5) is 0 Å². The van der Waals surface area contributed by atoms with Gasteiger partial charge < -0.3 is 9.72 Å². The molecular formula is C15H19N3O. The molecule has 1 N–H and O–H groups in total. The molecule has 1 fully saturated rings. The van der Waals surface area contributed by atoms with Crippen LogP contribution in [0.25, 0.3) is 0 Å². The van der Waals surface area contributed by atoms with E-state index in [1.807, 2.05) is 12.3 Å². The molecule has 4 heteroatoms. The Bertz CT molecular complexity index is 524. The second-order valence-electron chi connectivity index (χ2n) is 4.98. The molecule has 2 heterocycles. The molecule has 0 spiro atoms. The number of H-pyrrole nitrogens is 1. The van der Waals surface area contributed by atoms with E-state index in [4.69, 9.17) is 4.74 Å². The van der Waals surface area contributed by atoms with E-state index >= 15 is 0 Å². The van der Waals surface area contributed by atoms with Crippen LogP contribution in [0.15, 0.2) is 36.8 Å². The van der Waals surface area contributed by atoms with Gasteiger partial charge in [-0.2, -0.15) is 0 Å². The molecule has 1 atom stereocenters. The second-order valence-corrected chi connectivity index (χ2v) is 4.98. The van der Waals surface area contributed by atoms with E-state index < -0.39 is 0 Å². The van der Waals surface area contributed by atoms with Gasteiger partial charge in [0.2, 0.25) is 0 Å². The van der Waals surface area contributed by atoms with Gasteiger partial charge in [-0.1, -0.05) is 12.1 Å². The molecular weight excluding hydrogens is 238 g/mol. The fourth-order valence-electron chi connectivity index (χ4n) is 2.83. The molecule has 2 aromatic rings. The predicted octanol–water partition coefficient (Wildman–Crippen LogP) is 2.76. The highest BCUT2D eigenvalue weighted by Gasteiger charge is 2.26. The fraction of sp³-hybridized carbons (Fsp3) is 0.400. The Balaban J connectivity index is 1.78. The van der Waals surface area contributed by atoms with Gasteiger partial charge in [0, 0.05) is 24.5 Å². The molecule has 0 unspecified atom stereocenters. The zero-order chi connectivity index (χ0) is 13.1. The molecule has 1 aliphatic heterocycles. The van der Waals surface area contributed by atoms with Gasteiger partial charge in [-0.15, -0.1) is 0 Å². The van der Waals surface area contributed by atoms with Crippen molar-refractivity contribution in [2.45, 2.75) is 25.4 Å². The normalized spacial score (nSPS) is 19.7. The van der Waals surface area contributed by atoms with Crippen LogP contribution in [0.1, 0.15) is 30.1 Å². The molecule has 100 valence electrons. The summed E-state index contributed by atoms with van der Waals surface area (Å²) in [5.74, 6) is 0.936. The maximum absolute atomic E-state index is 5.32. The summed E-state index contributed by atoms with van der Waals surface area (Å²) in [4.78, 5) is 9.77. The van der Waals surface area contributed by atoms with Crippen LogP contribution >= 0.6 is 0 Å². The molecule has 0 bridgehead atoms. The maximum Gasteiger partial charge on any atom is 0.119 e. The Hall–Kier alpha value is -1.81. The lowest BCUT2D eigenvalue weighted by Crippen LogP contribution is -2.22. The predicted molar refractivity (Wildman–Crippen MR) is 74.0 cm³/mol. The SMILES string of the molecule is COc1cccc([C@H]2CCCN2Cc2cnc[nH]2)c1. The summed E-state index contributed by atoms with van der Waals surface area (Å²) < 4.78 is 5.32. The molecule has 0 aliphatic carbocycles. The van der Waals surface area contributed by atoms with E-state index in [0.29, 0.717) is 6.04 Å². The third kappa shape index (κ3) is 2.63. The van der Waals surface area contributed by atoms with Crippen LogP contribution in [-0.4, -0.2) is 28.5 Å². The number of rotatable bonds is 4. The van der Waals surface area contributed by atoms with E-state index in [-0.39, 0.29) is 0 Å². The molecule has 3 rings (SSSR count). The molecule has 1 saturated heterocycles. The number of ether oxygens (including phenoxy) is 1. The summed E-state index contributed by atoms with van der Waals surface area (Å²) in [6.07, 6.45) is 6.10. The number of nitrogens with zero attached hydrogens (tertiary/aromatic N) is 2. The lowest BCUT2D eigenvalue weighted by Gasteiger charge is -2.24. The van der Waals surface area contributed by atoms with E-state index in [2.05, 4.69) is 33.1 Å². The first-order valence-electron chi connectivity index (χ1n) is 6.72. The van der Waals surface area contributed by atoms with Crippen LogP contribution < -0.4 is 4.74 Å². The number of likely N-dealkylation sites (tertiary alicyclic amines) is 1. The van der Waals surface area contributed by atoms with Crippen molar-refractivity contribution in [3.05, 3.63) is 48.0 Å². The highest BCUT2D eigenvalue weighted by atomic mass is 16.5. The first kappa shape index (κ1) is 12.2. The molecule has 0 amide bonds. The average molecular weight is 257 g/mol. The van der Waals surface area contributed by atoms with Crippen molar-refractivity contribution in [3.63, 3.8) is 0 Å². The van der Waals surface area contributed by atoms with Gasteiger partial charge in [-0.05, 0) is 37.1 Å². The van der Waals surface area contributed by atoms with Gasteiger partial charge >= 0.3 is 0 Å². The van der Waals surface area contributed by atoms with Crippen molar-refractivity contribution in [1.82, 2.24) is 14.9 Å². The number of aromatic amines is 1. The Morgan fingerprint density at radius 1 is 1.47 bits per heavy atom. The fourth-order valence-corrected chi connectivity index (χ4v) is 2.83. The van der Waals surface area contributed by atoms with Crippen LogP contribution in [0, 0.1) is 0 Å². The Labute approximate surface area is 113 Å². The van der Waals surface area contributed by atoms with Crippen LogP contribution in [0.3, 0.4) is 0 Å². The van der Waals surface area contributed by atoms with Gasteiger partial charge in [0.1, 0.15) is 5.75 Å². The number of hydrogen-bond acceptors (Lipinski definition) is 3. The van der Waals surface area contributed by atoms with Gasteiger partial charge in [0.15, 0.2) is 0 Å². The first-order valence-corrected chi connectivity index (χ1v) is 6.72. The average Bonchev–Trinajstić information content (AvgIpc) is 3.11. The third-order valence-electron chi connectivity index (χ3n) is 3.77. The number of imidazole rings is 1. The minimum atomic E-state index is 0.485. The van der Waals surface area contributed by atoms with Crippen molar-refractivity contribution in [3.8, 4) is 5.75 Å². The van der Waals surface area contributed by atoms with Crippen LogP contribution in [-0.2, 0) is 6.54 Å². The number of aromatic nitrogens is 2. The lowest BCUT2D eigenvalue weighted by molar-refractivity contribution is 0.245. The van der Waals surface area contributed by atoms with Gasteiger partial charge in [-0.25, -0.2) is 4.98 Å². The van der Waals surface area contributed by atoms with Crippen molar-refractivity contribution in [2.24, 2.45) is 0 Å². The molecule has 0 saturated carbocycles. The second kappa shape index (κ2) is 5.45. The van der Waals surface area contributed by atoms with Crippen LogP contribution in [0.5, 0.6) is 5.75 Å². The molecule has 1 aliphatic rings. The highest BCUT2D eigenvalue weighted by Crippen LogP contribution is 2.34. The Morgan fingerprint density at radius 2 is 2.42 bits per heavy atom. The number of nitrogens with one attached hydrogen (secondary N) is 1. The van der Waals surface area contributed by atoms with E-state index in [9.17, 15) is 0 Å². The summed E-state index contributed by atoms with van der Waals surface area (Å²) in [7, 11) is 1.72. The van der Waals surface area contributed by atoms with Gasteiger partial charge in [-0.3, -0.25) is 4.90 Å². The molecule has 19 heavy (non-hydrogen) atoms. The number of methoxy groups -OCH3 is 1. The lowest BCUT2D eigenvalue weighted by atomic mass is 10.0. The minimum absolute atomic E-state index is 0.485. The van der Waals surface area contributed by atoms with Crippen molar-refractivity contribution >= 4 is 0 Å². The molecule has 1 aromatic heterocycles. The zero-order valence-corrected chi connectivity index (χ0v) is 11.2. The van der Waals surface area contributed by atoms with E-state index in [0.717, 1.165) is 18.8 Å². The Kier molecular flexibility index (Phi) is 3.51. The highest BCUT2D eigenvalue weighted by molar-refractivity contribution is 5.31. The summed E-state index contributed by atoms with van der Waals surface area (Å²) in [6, 6.07) is 8.89. The summed E-state index contributed by atoms with van der Waals surface area (Å²) in [5, 5.41) is 0. The maximum atomic E-state index is 5.32. The zero-order valence-electron chi connectivity index (χ0n) is 11.2. The van der Waals surface area contributed by atoms with E-state index in [1.165, 1.54) is 24.1 Å². The molecule has 0 radical (unpaired) electrons. The number of hydrogen-bond donors (Lipinski definition) is 1. The molecule has 1 aromatic carbocycles. The van der Waals surface area contributed by atoms with E-state index in [1.54, 1.807) is 13.4 Å².